The first-order valence-corrected chi connectivity index (χ1v) is 9.71. The zero-order chi connectivity index (χ0) is 20.5. The van der Waals surface area contributed by atoms with Gasteiger partial charge in [0.2, 0.25) is 0 Å². The van der Waals surface area contributed by atoms with Gasteiger partial charge in [0.1, 0.15) is 17.4 Å². The van der Waals surface area contributed by atoms with Crippen LogP contribution < -0.4 is 10.1 Å². The molecule has 1 saturated heterocycles. The number of piperazine rings is 1. The predicted octanol–water partition coefficient (Wildman–Crippen LogP) is 2.54. The number of carbonyl (C=O) groups excluding carboxylic acids is 1. The number of ether oxygens (including phenoxy) is 1. The summed E-state index contributed by atoms with van der Waals surface area (Å²) in [7, 11) is 1.62. The molecule has 2 aromatic carbocycles. The third-order valence-corrected chi connectivity index (χ3v) is 4.95. The smallest absolute Gasteiger partial charge is 0.266 e. The first-order chi connectivity index (χ1) is 14.2. The van der Waals surface area contributed by atoms with Crippen molar-refractivity contribution in [3.8, 4) is 11.8 Å². The molecule has 3 rings (SSSR count). The summed E-state index contributed by atoms with van der Waals surface area (Å²) < 4.78 is 5.21. The molecule has 0 saturated carbocycles. The van der Waals surface area contributed by atoms with Crippen molar-refractivity contribution in [1.82, 2.24) is 15.1 Å². The monoisotopic (exact) mass is 390 g/mol. The number of rotatable bonds is 7. The van der Waals surface area contributed by atoms with Crippen LogP contribution in [0.15, 0.2) is 66.4 Å². The van der Waals surface area contributed by atoms with E-state index < -0.39 is 0 Å². The van der Waals surface area contributed by atoms with Gasteiger partial charge in [0.15, 0.2) is 0 Å². The average Bonchev–Trinajstić information content (AvgIpc) is 2.78. The molecule has 0 unspecified atom stereocenters. The van der Waals surface area contributed by atoms with E-state index in [4.69, 9.17) is 4.74 Å². The molecule has 1 heterocycles. The molecule has 0 aromatic heterocycles. The van der Waals surface area contributed by atoms with Crippen LogP contribution in [0.25, 0.3) is 0 Å². The zero-order valence-electron chi connectivity index (χ0n) is 16.7. The van der Waals surface area contributed by atoms with E-state index in [9.17, 15) is 10.1 Å². The van der Waals surface area contributed by atoms with Gasteiger partial charge < -0.3 is 15.0 Å². The Morgan fingerprint density at radius 1 is 1.10 bits per heavy atom. The van der Waals surface area contributed by atoms with E-state index >= 15 is 0 Å². The van der Waals surface area contributed by atoms with Crippen LogP contribution in [0.1, 0.15) is 11.1 Å². The van der Waals surface area contributed by atoms with Gasteiger partial charge in [-0.15, -0.1) is 0 Å². The van der Waals surface area contributed by atoms with Gasteiger partial charge >= 0.3 is 0 Å². The Morgan fingerprint density at radius 3 is 2.52 bits per heavy atom. The van der Waals surface area contributed by atoms with Gasteiger partial charge in [-0.3, -0.25) is 9.69 Å². The molecular weight excluding hydrogens is 364 g/mol. The molecule has 1 N–H and O–H groups in total. The van der Waals surface area contributed by atoms with Crippen molar-refractivity contribution in [2.24, 2.45) is 0 Å². The maximum atomic E-state index is 12.7. The fraction of sp³-hybridized carbons (Fsp3) is 0.304. The summed E-state index contributed by atoms with van der Waals surface area (Å²) in [5, 5.41) is 12.5. The molecule has 0 radical (unpaired) electrons. The summed E-state index contributed by atoms with van der Waals surface area (Å²) in [4.78, 5) is 16.8. The Hall–Kier alpha value is -3.30. The molecule has 0 aliphatic carbocycles. The maximum absolute atomic E-state index is 12.7. The third kappa shape index (κ3) is 5.84. The Balaban J connectivity index is 1.50. The lowest BCUT2D eigenvalue weighted by Gasteiger charge is -2.34. The van der Waals surface area contributed by atoms with Crippen molar-refractivity contribution in [1.29, 1.82) is 5.26 Å². The minimum absolute atomic E-state index is 0.129. The van der Waals surface area contributed by atoms with Gasteiger partial charge in [0.25, 0.3) is 5.91 Å². The summed E-state index contributed by atoms with van der Waals surface area (Å²) in [5.74, 6) is 0.559. The molecule has 0 atom stereocenters. The van der Waals surface area contributed by atoms with Crippen molar-refractivity contribution < 1.29 is 9.53 Å². The first-order valence-electron chi connectivity index (χ1n) is 9.71. The summed E-state index contributed by atoms with van der Waals surface area (Å²) in [6, 6.07) is 20.0. The molecule has 2 aromatic rings. The van der Waals surface area contributed by atoms with Crippen LogP contribution in [0.3, 0.4) is 0 Å². The van der Waals surface area contributed by atoms with Crippen molar-refractivity contribution in [3.63, 3.8) is 0 Å². The second-order valence-electron chi connectivity index (χ2n) is 6.96. The topological polar surface area (TPSA) is 68.6 Å². The number of hydrogen-bond donors (Lipinski definition) is 1. The summed E-state index contributed by atoms with van der Waals surface area (Å²) in [5.41, 5.74) is 2.41. The number of nitrogens with one attached hydrogen (secondary N) is 1. The molecule has 1 fully saturated rings. The van der Waals surface area contributed by atoms with Gasteiger partial charge in [-0.05, 0) is 23.3 Å². The number of carbonyl (C=O) groups is 1. The Bertz CT molecular complexity index is 881. The van der Waals surface area contributed by atoms with E-state index in [1.54, 1.807) is 12.0 Å². The number of nitrogens with zero attached hydrogens (tertiary/aromatic N) is 3. The summed E-state index contributed by atoms with van der Waals surface area (Å²) in [6.07, 6.45) is 1.51. The summed E-state index contributed by atoms with van der Waals surface area (Å²) >= 11 is 0. The van der Waals surface area contributed by atoms with Crippen LogP contribution in [-0.2, 0) is 17.9 Å². The van der Waals surface area contributed by atoms with E-state index in [0.29, 0.717) is 19.6 Å². The van der Waals surface area contributed by atoms with Crippen LogP contribution in [-0.4, -0.2) is 49.0 Å². The van der Waals surface area contributed by atoms with Gasteiger partial charge in [0, 0.05) is 45.5 Å². The quantitative estimate of drug-likeness (QED) is 0.581. The number of hydrogen-bond acceptors (Lipinski definition) is 5. The van der Waals surface area contributed by atoms with Crippen LogP contribution >= 0.6 is 0 Å². The molecule has 0 spiro atoms. The van der Waals surface area contributed by atoms with Crippen LogP contribution in [0.4, 0.5) is 0 Å². The minimum Gasteiger partial charge on any atom is -0.497 e. The van der Waals surface area contributed by atoms with E-state index in [2.05, 4.69) is 22.3 Å². The molecule has 6 heteroatoms. The minimum atomic E-state index is -0.218. The average molecular weight is 390 g/mol. The third-order valence-electron chi connectivity index (χ3n) is 4.95. The second-order valence-corrected chi connectivity index (χ2v) is 6.96. The lowest BCUT2D eigenvalue weighted by Crippen LogP contribution is -2.48. The number of methoxy groups -OCH3 is 1. The molecule has 1 aliphatic rings. The van der Waals surface area contributed by atoms with Crippen LogP contribution in [0.5, 0.6) is 5.75 Å². The van der Waals surface area contributed by atoms with E-state index in [1.807, 2.05) is 48.5 Å². The standard InChI is InChI=1S/C23H26N4O2/c1-29-22-9-5-8-20(14-22)16-25-17-21(15-24)23(28)27-12-10-26(11-13-27)18-19-6-3-2-4-7-19/h2-9,14,17,25H,10-13,16,18H2,1H3/b21-17-. The van der Waals surface area contributed by atoms with Crippen LogP contribution in [0.2, 0.25) is 0 Å². The zero-order valence-corrected chi connectivity index (χ0v) is 16.7. The number of nitriles is 1. The molecule has 1 amide bonds. The van der Waals surface area contributed by atoms with Gasteiger partial charge in [-0.1, -0.05) is 42.5 Å². The lowest BCUT2D eigenvalue weighted by atomic mass is 10.2. The highest BCUT2D eigenvalue weighted by Gasteiger charge is 2.23. The van der Waals surface area contributed by atoms with Crippen molar-refractivity contribution >= 4 is 5.91 Å². The number of amides is 1. The van der Waals surface area contributed by atoms with Crippen molar-refractivity contribution in [2.45, 2.75) is 13.1 Å². The highest BCUT2D eigenvalue weighted by atomic mass is 16.5. The molecule has 1 aliphatic heterocycles. The highest BCUT2D eigenvalue weighted by molar-refractivity contribution is 5.97. The highest BCUT2D eigenvalue weighted by Crippen LogP contribution is 2.13. The Morgan fingerprint density at radius 2 is 1.83 bits per heavy atom. The molecule has 29 heavy (non-hydrogen) atoms. The molecule has 0 bridgehead atoms. The normalized spacial score (nSPS) is 14.9. The largest absolute Gasteiger partial charge is 0.497 e. The molecular formula is C23H26N4O2. The van der Waals surface area contributed by atoms with Crippen molar-refractivity contribution in [2.75, 3.05) is 33.3 Å². The summed E-state index contributed by atoms with van der Waals surface area (Å²) in [6.45, 7) is 4.25. The first kappa shape index (κ1) is 20.4. The fourth-order valence-corrected chi connectivity index (χ4v) is 3.32. The lowest BCUT2D eigenvalue weighted by molar-refractivity contribution is -0.128. The van der Waals surface area contributed by atoms with E-state index in [0.717, 1.165) is 30.9 Å². The fourth-order valence-electron chi connectivity index (χ4n) is 3.32. The van der Waals surface area contributed by atoms with Gasteiger partial charge in [-0.25, -0.2) is 0 Å². The van der Waals surface area contributed by atoms with Crippen LogP contribution in [0, 0.1) is 11.3 Å². The molecule has 150 valence electrons. The van der Waals surface area contributed by atoms with E-state index in [1.165, 1.54) is 11.8 Å². The van der Waals surface area contributed by atoms with Crippen molar-refractivity contribution in [3.05, 3.63) is 77.5 Å². The Labute approximate surface area is 172 Å². The maximum Gasteiger partial charge on any atom is 0.266 e. The number of benzene rings is 2. The molecule has 6 nitrogen and oxygen atoms in total. The Kier molecular flexibility index (Phi) is 7.26. The van der Waals surface area contributed by atoms with Gasteiger partial charge in [0.05, 0.1) is 7.11 Å². The van der Waals surface area contributed by atoms with Gasteiger partial charge in [-0.2, -0.15) is 5.26 Å². The SMILES string of the molecule is COc1cccc(CN/C=C(/C#N)C(=O)N2CCN(Cc3ccccc3)CC2)c1. The predicted molar refractivity (Wildman–Crippen MR) is 112 cm³/mol. The van der Waals surface area contributed by atoms with E-state index in [-0.39, 0.29) is 11.5 Å². The second kappa shape index (κ2) is 10.3.